The summed E-state index contributed by atoms with van der Waals surface area (Å²) in [5.41, 5.74) is 5.77. The van der Waals surface area contributed by atoms with Crippen LogP contribution in [0.1, 0.15) is 39.5 Å². The molecule has 0 atom stereocenters. The second kappa shape index (κ2) is 12.6. The monoisotopic (exact) mass is 399 g/mol. The summed E-state index contributed by atoms with van der Waals surface area (Å²) in [6, 6.07) is 0. The molecule has 1 aliphatic rings. The van der Waals surface area contributed by atoms with Crippen molar-refractivity contribution in [3.63, 3.8) is 0 Å². The van der Waals surface area contributed by atoms with Gasteiger partial charge in [-0.25, -0.2) is 0 Å². The quantitative estimate of drug-likeness (QED) is 0.284. The lowest BCUT2D eigenvalue weighted by atomic mass is 10.1. The van der Waals surface area contributed by atoms with Crippen LogP contribution in [0.15, 0.2) is 4.99 Å². The molecule has 120 valence electrons. The molecule has 0 bridgehead atoms. The highest BCUT2D eigenvalue weighted by Gasteiger charge is 2.13. The summed E-state index contributed by atoms with van der Waals surface area (Å²) in [5.74, 6) is 1.24. The van der Waals surface area contributed by atoms with E-state index in [1.807, 2.05) is 0 Å². The summed E-state index contributed by atoms with van der Waals surface area (Å²) in [7, 11) is 0. The van der Waals surface area contributed by atoms with Crippen LogP contribution >= 0.6 is 24.0 Å². The van der Waals surface area contributed by atoms with Gasteiger partial charge in [-0.3, -0.25) is 4.99 Å². The van der Waals surface area contributed by atoms with Crippen LogP contribution in [-0.2, 0) is 9.47 Å². The van der Waals surface area contributed by atoms with Crippen molar-refractivity contribution in [2.45, 2.75) is 45.6 Å². The fourth-order valence-electron chi connectivity index (χ4n) is 1.90. The van der Waals surface area contributed by atoms with E-state index in [9.17, 15) is 0 Å². The summed E-state index contributed by atoms with van der Waals surface area (Å²) in [6.45, 7) is 8.43. The smallest absolute Gasteiger partial charge is 0.188 e. The number of aliphatic imine (C=N–C) groups is 1. The van der Waals surface area contributed by atoms with Gasteiger partial charge in [-0.05, 0) is 31.6 Å². The fourth-order valence-corrected chi connectivity index (χ4v) is 1.90. The number of nitrogens with zero attached hydrogens (tertiary/aromatic N) is 1. The van der Waals surface area contributed by atoms with E-state index in [4.69, 9.17) is 15.2 Å². The molecule has 0 aliphatic carbocycles. The third kappa shape index (κ3) is 10.7. The van der Waals surface area contributed by atoms with Crippen molar-refractivity contribution < 1.29 is 9.47 Å². The van der Waals surface area contributed by atoms with Gasteiger partial charge in [0.15, 0.2) is 5.96 Å². The molecular formula is C14H30IN3O2. The number of halogens is 1. The van der Waals surface area contributed by atoms with Crippen LogP contribution in [0, 0.1) is 5.92 Å². The first kappa shape index (κ1) is 19.9. The van der Waals surface area contributed by atoms with Gasteiger partial charge in [0.2, 0.25) is 0 Å². The maximum atomic E-state index is 5.77. The van der Waals surface area contributed by atoms with E-state index in [-0.39, 0.29) is 24.0 Å². The van der Waals surface area contributed by atoms with Crippen LogP contribution < -0.4 is 11.1 Å². The molecule has 0 aromatic heterocycles. The number of rotatable bonds is 8. The van der Waals surface area contributed by atoms with Gasteiger partial charge in [0.05, 0.1) is 6.10 Å². The van der Waals surface area contributed by atoms with Gasteiger partial charge in [-0.2, -0.15) is 0 Å². The molecule has 1 saturated heterocycles. The van der Waals surface area contributed by atoms with Gasteiger partial charge in [0.1, 0.15) is 0 Å². The van der Waals surface area contributed by atoms with Crippen molar-refractivity contribution in [1.29, 1.82) is 0 Å². The topological polar surface area (TPSA) is 68.9 Å². The molecule has 3 N–H and O–H groups in total. The summed E-state index contributed by atoms with van der Waals surface area (Å²) < 4.78 is 11.1. The largest absolute Gasteiger partial charge is 0.381 e. The van der Waals surface area contributed by atoms with Crippen molar-refractivity contribution >= 4 is 29.9 Å². The predicted octanol–water partition coefficient (Wildman–Crippen LogP) is 2.14. The number of ether oxygens (including phenoxy) is 2. The minimum absolute atomic E-state index is 0. The SMILES string of the molecule is CC(C)CCNC(N)=NCCCOC1CCOCC1.I. The Morgan fingerprint density at radius 2 is 2.10 bits per heavy atom. The number of nitrogens with one attached hydrogen (secondary N) is 1. The van der Waals surface area contributed by atoms with Crippen LogP contribution in [0.3, 0.4) is 0 Å². The second-order valence-electron chi connectivity index (χ2n) is 5.41. The average molecular weight is 399 g/mol. The number of hydrogen-bond acceptors (Lipinski definition) is 3. The Balaban J connectivity index is 0.00000361. The Morgan fingerprint density at radius 1 is 1.40 bits per heavy atom. The molecule has 0 radical (unpaired) electrons. The summed E-state index contributed by atoms with van der Waals surface area (Å²) in [6.07, 6.45) is 4.44. The van der Waals surface area contributed by atoms with E-state index < -0.39 is 0 Å². The van der Waals surface area contributed by atoms with Gasteiger partial charge in [-0.1, -0.05) is 13.8 Å². The van der Waals surface area contributed by atoms with Gasteiger partial charge in [-0.15, -0.1) is 24.0 Å². The van der Waals surface area contributed by atoms with Gasteiger partial charge >= 0.3 is 0 Å². The Hall–Kier alpha value is -0.0800. The zero-order valence-corrected chi connectivity index (χ0v) is 15.1. The molecule has 1 rings (SSSR count). The fraction of sp³-hybridized carbons (Fsp3) is 0.929. The highest BCUT2D eigenvalue weighted by molar-refractivity contribution is 14.0. The zero-order chi connectivity index (χ0) is 13.9. The van der Waals surface area contributed by atoms with Gasteiger partial charge in [0.25, 0.3) is 0 Å². The van der Waals surface area contributed by atoms with Crippen molar-refractivity contribution in [1.82, 2.24) is 5.32 Å². The molecule has 20 heavy (non-hydrogen) atoms. The minimum Gasteiger partial charge on any atom is -0.381 e. The molecule has 6 heteroatoms. The molecule has 0 amide bonds. The predicted molar refractivity (Wildman–Crippen MR) is 93.8 cm³/mol. The summed E-state index contributed by atoms with van der Waals surface area (Å²) >= 11 is 0. The minimum atomic E-state index is 0. The molecule has 1 heterocycles. The standard InChI is InChI=1S/C14H29N3O2.HI/c1-12(2)4-8-17-14(15)16-7-3-9-19-13-5-10-18-11-6-13;/h12-13H,3-11H2,1-2H3,(H3,15,16,17);1H. The Kier molecular flexibility index (Phi) is 12.6. The summed E-state index contributed by atoms with van der Waals surface area (Å²) in [5, 5.41) is 3.12. The molecule has 1 aliphatic heterocycles. The van der Waals surface area contributed by atoms with E-state index in [2.05, 4.69) is 24.2 Å². The maximum absolute atomic E-state index is 5.77. The molecule has 0 aromatic carbocycles. The highest BCUT2D eigenvalue weighted by Crippen LogP contribution is 2.10. The molecular weight excluding hydrogens is 369 g/mol. The molecule has 1 fully saturated rings. The lowest BCUT2D eigenvalue weighted by Crippen LogP contribution is -2.33. The lowest BCUT2D eigenvalue weighted by Gasteiger charge is -2.22. The van der Waals surface area contributed by atoms with E-state index in [0.29, 0.717) is 18.0 Å². The molecule has 5 nitrogen and oxygen atoms in total. The second-order valence-corrected chi connectivity index (χ2v) is 5.41. The van der Waals surface area contributed by atoms with E-state index in [1.54, 1.807) is 0 Å². The molecule has 0 aromatic rings. The highest BCUT2D eigenvalue weighted by atomic mass is 127. The Bertz CT molecular complexity index is 257. The Labute approximate surface area is 140 Å². The first-order chi connectivity index (χ1) is 9.18. The van der Waals surface area contributed by atoms with Gasteiger partial charge < -0.3 is 20.5 Å². The van der Waals surface area contributed by atoms with E-state index in [0.717, 1.165) is 58.6 Å². The first-order valence-corrected chi connectivity index (χ1v) is 7.41. The lowest BCUT2D eigenvalue weighted by molar-refractivity contribution is -0.0318. The zero-order valence-electron chi connectivity index (χ0n) is 12.8. The molecule has 0 saturated carbocycles. The van der Waals surface area contributed by atoms with Crippen LogP contribution in [0.2, 0.25) is 0 Å². The van der Waals surface area contributed by atoms with Gasteiger partial charge in [0, 0.05) is 32.9 Å². The van der Waals surface area contributed by atoms with Crippen LogP contribution in [-0.4, -0.2) is 45.0 Å². The maximum Gasteiger partial charge on any atom is 0.188 e. The van der Waals surface area contributed by atoms with Crippen molar-refractivity contribution in [2.24, 2.45) is 16.6 Å². The number of hydrogen-bond donors (Lipinski definition) is 2. The summed E-state index contributed by atoms with van der Waals surface area (Å²) in [4.78, 5) is 4.28. The third-order valence-corrected chi connectivity index (χ3v) is 3.13. The van der Waals surface area contributed by atoms with Crippen molar-refractivity contribution in [2.75, 3.05) is 32.9 Å². The third-order valence-electron chi connectivity index (χ3n) is 3.13. The van der Waals surface area contributed by atoms with Crippen LogP contribution in [0.4, 0.5) is 0 Å². The average Bonchev–Trinajstić information content (AvgIpc) is 2.39. The van der Waals surface area contributed by atoms with E-state index >= 15 is 0 Å². The van der Waals surface area contributed by atoms with E-state index in [1.165, 1.54) is 0 Å². The van der Waals surface area contributed by atoms with Crippen LogP contribution in [0.5, 0.6) is 0 Å². The molecule has 0 unspecified atom stereocenters. The number of guanidine groups is 1. The Morgan fingerprint density at radius 3 is 2.75 bits per heavy atom. The molecule has 0 spiro atoms. The van der Waals surface area contributed by atoms with Crippen LogP contribution in [0.25, 0.3) is 0 Å². The normalized spacial score (nSPS) is 17.1. The van der Waals surface area contributed by atoms with Crippen molar-refractivity contribution in [3.8, 4) is 0 Å². The first-order valence-electron chi connectivity index (χ1n) is 7.41. The van der Waals surface area contributed by atoms with Crippen molar-refractivity contribution in [3.05, 3.63) is 0 Å². The number of nitrogens with two attached hydrogens (primary N) is 1.